The van der Waals surface area contributed by atoms with Crippen molar-refractivity contribution in [3.63, 3.8) is 0 Å². The van der Waals surface area contributed by atoms with Crippen molar-refractivity contribution in [2.45, 2.75) is 0 Å². The smallest absolute Gasteiger partial charge is 0.330 e. The Morgan fingerprint density at radius 3 is 2.00 bits per heavy atom. The lowest BCUT2D eigenvalue weighted by Gasteiger charge is -2.17. The SMILES string of the molecule is CN1CCN(C)C1=C(C(Cl)=C(Cl)Cl)[N+](=O)[O-]. The Hall–Kier alpha value is -0.650. The molecular weight excluding hydrogens is 276 g/mol. The molecule has 1 rings (SSSR count). The minimum Gasteiger partial charge on any atom is -0.354 e. The van der Waals surface area contributed by atoms with E-state index in [0.717, 1.165) is 0 Å². The first-order chi connectivity index (χ1) is 7.36. The molecule has 1 aliphatic rings. The highest BCUT2D eigenvalue weighted by molar-refractivity contribution is 6.59. The van der Waals surface area contributed by atoms with Crippen LogP contribution in [0.2, 0.25) is 0 Å². The summed E-state index contributed by atoms with van der Waals surface area (Å²) in [7, 11) is 3.49. The lowest BCUT2D eigenvalue weighted by Crippen LogP contribution is -2.22. The highest BCUT2D eigenvalue weighted by atomic mass is 35.5. The molecule has 0 aliphatic carbocycles. The predicted molar refractivity (Wildman–Crippen MR) is 63.9 cm³/mol. The van der Waals surface area contributed by atoms with E-state index < -0.39 is 4.92 Å². The van der Waals surface area contributed by atoms with E-state index in [9.17, 15) is 10.1 Å². The van der Waals surface area contributed by atoms with E-state index in [4.69, 9.17) is 34.8 Å². The Balaban J connectivity index is 3.36. The van der Waals surface area contributed by atoms with Crippen LogP contribution < -0.4 is 0 Å². The number of allylic oxidation sites excluding steroid dienone is 1. The molecule has 0 bridgehead atoms. The first-order valence-electron chi connectivity index (χ1n) is 4.38. The summed E-state index contributed by atoms with van der Waals surface area (Å²) in [5.41, 5.74) is -0.274. The second-order valence-corrected chi connectivity index (χ2v) is 4.67. The standard InChI is InChI=1S/C8H10Cl3N3O2/c1-12-3-4-13(2)8(12)6(14(15)16)5(9)7(10)11/h3-4H2,1-2H3. The van der Waals surface area contributed by atoms with Crippen LogP contribution in [-0.2, 0) is 0 Å². The number of nitro groups is 1. The van der Waals surface area contributed by atoms with Gasteiger partial charge in [0.05, 0.1) is 4.92 Å². The fraction of sp³-hybridized carbons (Fsp3) is 0.500. The zero-order valence-corrected chi connectivity index (χ0v) is 11.0. The molecule has 90 valence electrons. The number of halogens is 3. The molecule has 0 radical (unpaired) electrons. The van der Waals surface area contributed by atoms with E-state index in [2.05, 4.69) is 0 Å². The summed E-state index contributed by atoms with van der Waals surface area (Å²) in [6.07, 6.45) is 0. The van der Waals surface area contributed by atoms with Crippen LogP contribution in [0.25, 0.3) is 0 Å². The molecule has 0 aromatic rings. The summed E-state index contributed by atoms with van der Waals surface area (Å²) in [6.45, 7) is 1.38. The highest BCUT2D eigenvalue weighted by Gasteiger charge is 2.33. The predicted octanol–water partition coefficient (Wildman–Crippen LogP) is 2.19. The molecule has 0 amide bonds. The average molecular weight is 287 g/mol. The van der Waals surface area contributed by atoms with Gasteiger partial charge in [-0.2, -0.15) is 0 Å². The van der Waals surface area contributed by atoms with Crippen molar-refractivity contribution in [1.82, 2.24) is 9.80 Å². The van der Waals surface area contributed by atoms with Gasteiger partial charge in [-0.1, -0.05) is 34.8 Å². The zero-order valence-electron chi connectivity index (χ0n) is 8.71. The van der Waals surface area contributed by atoms with E-state index in [-0.39, 0.29) is 15.2 Å². The highest BCUT2D eigenvalue weighted by Crippen LogP contribution is 2.30. The Labute approximate surface area is 108 Å². The van der Waals surface area contributed by atoms with Crippen LogP contribution in [0.15, 0.2) is 21.0 Å². The normalized spacial score (nSPS) is 15.4. The first-order valence-corrected chi connectivity index (χ1v) is 5.51. The van der Waals surface area contributed by atoms with Gasteiger partial charge in [-0.3, -0.25) is 10.1 Å². The minimum absolute atomic E-state index is 0.246. The quantitative estimate of drug-likeness (QED) is 0.577. The molecule has 0 atom stereocenters. The Morgan fingerprint density at radius 1 is 1.25 bits per heavy atom. The summed E-state index contributed by atoms with van der Waals surface area (Å²) in [5.74, 6) is 0.411. The van der Waals surface area contributed by atoms with Gasteiger partial charge in [-0.25, -0.2) is 0 Å². The van der Waals surface area contributed by atoms with Crippen molar-refractivity contribution in [1.29, 1.82) is 0 Å². The van der Waals surface area contributed by atoms with Crippen LogP contribution in [-0.4, -0.2) is 41.9 Å². The van der Waals surface area contributed by atoms with Gasteiger partial charge in [-0.15, -0.1) is 0 Å². The van der Waals surface area contributed by atoms with E-state index in [1.807, 2.05) is 0 Å². The summed E-state index contributed by atoms with van der Waals surface area (Å²) in [4.78, 5) is 13.9. The van der Waals surface area contributed by atoms with Gasteiger partial charge >= 0.3 is 5.70 Å². The fourth-order valence-electron chi connectivity index (χ4n) is 1.51. The van der Waals surface area contributed by atoms with Crippen molar-refractivity contribution in [2.24, 2.45) is 0 Å². The Bertz CT molecular complexity index is 365. The summed E-state index contributed by atoms with van der Waals surface area (Å²) >= 11 is 16.7. The number of rotatable bonds is 2. The van der Waals surface area contributed by atoms with Crippen LogP contribution in [0.3, 0.4) is 0 Å². The molecule has 0 unspecified atom stereocenters. The zero-order chi connectivity index (χ0) is 12.5. The third-order valence-corrected chi connectivity index (χ3v) is 3.20. The molecule has 0 spiro atoms. The number of nitrogens with zero attached hydrogens (tertiary/aromatic N) is 3. The van der Waals surface area contributed by atoms with Crippen LogP contribution in [0.5, 0.6) is 0 Å². The van der Waals surface area contributed by atoms with Gasteiger partial charge in [0.25, 0.3) is 0 Å². The summed E-state index contributed by atoms with van der Waals surface area (Å²) in [6, 6.07) is 0. The van der Waals surface area contributed by atoms with Crippen LogP contribution in [0, 0.1) is 10.1 Å². The van der Waals surface area contributed by atoms with E-state index >= 15 is 0 Å². The van der Waals surface area contributed by atoms with Crippen LogP contribution >= 0.6 is 34.8 Å². The number of hydrogen-bond acceptors (Lipinski definition) is 4. The second-order valence-electron chi connectivity index (χ2n) is 3.35. The van der Waals surface area contributed by atoms with Gasteiger partial charge in [0.1, 0.15) is 4.49 Å². The monoisotopic (exact) mass is 285 g/mol. The number of likely N-dealkylation sites (N-methyl/N-ethyl adjacent to an activating group) is 2. The molecule has 5 nitrogen and oxygen atoms in total. The second kappa shape index (κ2) is 5.12. The molecule has 0 saturated carbocycles. The minimum atomic E-state index is -0.583. The van der Waals surface area contributed by atoms with Crippen molar-refractivity contribution in [2.75, 3.05) is 27.2 Å². The van der Waals surface area contributed by atoms with Gasteiger partial charge in [0.2, 0.25) is 0 Å². The lowest BCUT2D eigenvalue weighted by molar-refractivity contribution is -0.422. The topological polar surface area (TPSA) is 49.6 Å². The maximum atomic E-state index is 11.0. The van der Waals surface area contributed by atoms with Gasteiger partial charge < -0.3 is 9.80 Å². The largest absolute Gasteiger partial charge is 0.354 e. The molecular formula is C8H10Cl3N3O2. The van der Waals surface area contributed by atoms with Gasteiger partial charge in [0.15, 0.2) is 10.9 Å². The molecule has 8 heteroatoms. The summed E-state index contributed by atoms with van der Waals surface area (Å²) < 4.78 is -0.311. The third kappa shape index (κ3) is 2.53. The average Bonchev–Trinajstić information content (AvgIpc) is 2.49. The molecule has 1 aliphatic heterocycles. The van der Waals surface area contributed by atoms with Gasteiger partial charge in [-0.05, 0) is 0 Å². The molecule has 1 saturated heterocycles. The Morgan fingerprint density at radius 2 is 1.69 bits per heavy atom. The van der Waals surface area contributed by atoms with Crippen LogP contribution in [0.1, 0.15) is 0 Å². The van der Waals surface area contributed by atoms with Gasteiger partial charge in [0, 0.05) is 27.2 Å². The first kappa shape index (κ1) is 13.4. The maximum Gasteiger partial charge on any atom is 0.330 e. The molecule has 1 fully saturated rings. The van der Waals surface area contributed by atoms with E-state index in [1.165, 1.54) is 0 Å². The third-order valence-electron chi connectivity index (χ3n) is 2.26. The fourth-order valence-corrected chi connectivity index (χ4v) is 1.85. The van der Waals surface area contributed by atoms with Crippen LogP contribution in [0.4, 0.5) is 0 Å². The molecule has 0 N–H and O–H groups in total. The van der Waals surface area contributed by atoms with Crippen molar-refractivity contribution in [3.05, 3.63) is 31.2 Å². The lowest BCUT2D eigenvalue weighted by atomic mass is 10.4. The molecule has 0 aromatic carbocycles. The maximum absolute atomic E-state index is 11.0. The van der Waals surface area contributed by atoms with E-state index in [1.54, 1.807) is 23.9 Å². The summed E-state index contributed by atoms with van der Waals surface area (Å²) in [5, 5.41) is 10.7. The van der Waals surface area contributed by atoms with Crippen molar-refractivity contribution >= 4 is 34.8 Å². The van der Waals surface area contributed by atoms with E-state index in [0.29, 0.717) is 18.9 Å². The van der Waals surface area contributed by atoms with Crippen molar-refractivity contribution < 1.29 is 4.92 Å². The van der Waals surface area contributed by atoms with Crippen molar-refractivity contribution in [3.8, 4) is 0 Å². The number of hydrogen-bond donors (Lipinski definition) is 0. The molecule has 0 aromatic heterocycles. The molecule has 1 heterocycles. The molecule has 16 heavy (non-hydrogen) atoms. The Kier molecular flexibility index (Phi) is 4.29.